The van der Waals surface area contributed by atoms with Crippen LogP contribution in [0.3, 0.4) is 0 Å². The van der Waals surface area contributed by atoms with Crippen molar-refractivity contribution in [1.82, 2.24) is 0 Å². The monoisotopic (exact) mass is 219 g/mol. The number of carbonyl (C=O) groups excluding carboxylic acids is 1. The molecule has 16 heavy (non-hydrogen) atoms. The zero-order valence-corrected chi connectivity index (χ0v) is 9.75. The maximum Gasteiger partial charge on any atom is 0.311 e. The van der Waals surface area contributed by atoms with Gasteiger partial charge < -0.3 is 10.1 Å². The fourth-order valence-corrected chi connectivity index (χ4v) is 2.25. The Morgan fingerprint density at radius 1 is 1.44 bits per heavy atom. The predicted octanol–water partition coefficient (Wildman–Crippen LogP) is 2.22. The first-order valence-electron chi connectivity index (χ1n) is 5.56. The smallest absolute Gasteiger partial charge is 0.311 e. The molecule has 1 aliphatic heterocycles. The number of hydrogen-bond donors (Lipinski definition) is 1. The molecule has 0 bridgehead atoms. The third-order valence-corrected chi connectivity index (χ3v) is 3.27. The Morgan fingerprint density at radius 3 is 2.94 bits per heavy atom. The van der Waals surface area contributed by atoms with Crippen LogP contribution in [0.5, 0.6) is 0 Å². The highest BCUT2D eigenvalue weighted by atomic mass is 16.5. The number of anilines is 1. The molecule has 0 fully saturated rings. The first-order valence-corrected chi connectivity index (χ1v) is 5.56. The van der Waals surface area contributed by atoms with E-state index in [9.17, 15) is 4.79 Å². The lowest BCUT2D eigenvalue weighted by Crippen LogP contribution is -2.32. The van der Waals surface area contributed by atoms with Crippen molar-refractivity contribution in [2.24, 2.45) is 5.41 Å². The minimum absolute atomic E-state index is 0.119. The standard InChI is InChI=1S/C13H17NO2/c1-13(12(15)16-2)7-8-14-11-6-4-3-5-10(11)9-13/h3-6,14H,7-9H2,1-2H3. The molecule has 0 radical (unpaired) electrons. The number of methoxy groups -OCH3 is 1. The van der Waals surface area contributed by atoms with Crippen molar-refractivity contribution in [3.8, 4) is 0 Å². The molecule has 1 unspecified atom stereocenters. The van der Waals surface area contributed by atoms with E-state index in [1.807, 2.05) is 19.1 Å². The zero-order valence-electron chi connectivity index (χ0n) is 9.75. The molecule has 1 N–H and O–H groups in total. The van der Waals surface area contributed by atoms with Crippen molar-refractivity contribution in [1.29, 1.82) is 0 Å². The van der Waals surface area contributed by atoms with E-state index < -0.39 is 5.41 Å². The average Bonchev–Trinajstić information content (AvgIpc) is 2.47. The first-order chi connectivity index (χ1) is 7.65. The molecule has 1 aromatic carbocycles. The van der Waals surface area contributed by atoms with Crippen molar-refractivity contribution < 1.29 is 9.53 Å². The average molecular weight is 219 g/mol. The van der Waals surface area contributed by atoms with Crippen LogP contribution in [0.15, 0.2) is 24.3 Å². The molecular weight excluding hydrogens is 202 g/mol. The lowest BCUT2D eigenvalue weighted by Gasteiger charge is -2.24. The highest BCUT2D eigenvalue weighted by Gasteiger charge is 2.36. The summed E-state index contributed by atoms with van der Waals surface area (Å²) in [6.45, 7) is 2.78. The number of carbonyl (C=O) groups is 1. The van der Waals surface area contributed by atoms with Crippen LogP contribution in [-0.4, -0.2) is 19.6 Å². The van der Waals surface area contributed by atoms with E-state index in [0.717, 1.165) is 25.1 Å². The fraction of sp³-hybridized carbons (Fsp3) is 0.462. The van der Waals surface area contributed by atoms with Gasteiger partial charge in [-0.05, 0) is 31.4 Å². The Balaban J connectivity index is 2.32. The Labute approximate surface area is 95.8 Å². The summed E-state index contributed by atoms with van der Waals surface area (Å²) >= 11 is 0. The van der Waals surface area contributed by atoms with Crippen LogP contribution >= 0.6 is 0 Å². The zero-order chi connectivity index (χ0) is 11.6. The van der Waals surface area contributed by atoms with Gasteiger partial charge in [0.25, 0.3) is 0 Å². The fourth-order valence-electron chi connectivity index (χ4n) is 2.25. The van der Waals surface area contributed by atoms with Crippen molar-refractivity contribution >= 4 is 11.7 Å². The Kier molecular flexibility index (Phi) is 2.86. The van der Waals surface area contributed by atoms with Crippen LogP contribution in [-0.2, 0) is 16.0 Å². The van der Waals surface area contributed by atoms with Gasteiger partial charge in [0.1, 0.15) is 0 Å². The van der Waals surface area contributed by atoms with E-state index in [4.69, 9.17) is 4.74 Å². The van der Waals surface area contributed by atoms with Gasteiger partial charge in [-0.2, -0.15) is 0 Å². The first kappa shape index (κ1) is 11.0. The molecule has 0 spiro atoms. The lowest BCUT2D eigenvalue weighted by atomic mass is 9.81. The van der Waals surface area contributed by atoms with Gasteiger partial charge in [-0.25, -0.2) is 0 Å². The molecule has 1 aliphatic rings. The van der Waals surface area contributed by atoms with Gasteiger partial charge in [0.2, 0.25) is 0 Å². The molecule has 0 aromatic heterocycles. The van der Waals surface area contributed by atoms with Gasteiger partial charge in [-0.1, -0.05) is 18.2 Å². The van der Waals surface area contributed by atoms with Crippen molar-refractivity contribution in [3.05, 3.63) is 29.8 Å². The van der Waals surface area contributed by atoms with Crippen LogP contribution in [0.2, 0.25) is 0 Å². The largest absolute Gasteiger partial charge is 0.469 e. The number of benzene rings is 1. The summed E-state index contributed by atoms with van der Waals surface area (Å²) in [5.74, 6) is -0.119. The lowest BCUT2D eigenvalue weighted by molar-refractivity contribution is -0.151. The van der Waals surface area contributed by atoms with E-state index >= 15 is 0 Å². The predicted molar refractivity (Wildman–Crippen MR) is 63.4 cm³/mol. The Bertz CT molecular complexity index is 403. The van der Waals surface area contributed by atoms with Crippen LogP contribution in [0, 0.1) is 5.41 Å². The Morgan fingerprint density at radius 2 is 2.19 bits per heavy atom. The van der Waals surface area contributed by atoms with Crippen molar-refractivity contribution in [2.75, 3.05) is 19.0 Å². The summed E-state index contributed by atoms with van der Waals surface area (Å²) in [5, 5.41) is 3.35. The number of para-hydroxylation sites is 1. The molecule has 1 aromatic rings. The third-order valence-electron chi connectivity index (χ3n) is 3.27. The summed E-state index contributed by atoms with van der Waals surface area (Å²) in [4.78, 5) is 11.8. The molecule has 2 rings (SSSR count). The molecule has 86 valence electrons. The molecule has 0 saturated heterocycles. The van der Waals surface area contributed by atoms with E-state index in [1.54, 1.807) is 0 Å². The topological polar surface area (TPSA) is 38.3 Å². The summed E-state index contributed by atoms with van der Waals surface area (Å²) in [6, 6.07) is 8.13. The minimum Gasteiger partial charge on any atom is -0.469 e. The number of esters is 1. The number of hydrogen-bond acceptors (Lipinski definition) is 3. The quantitative estimate of drug-likeness (QED) is 0.736. The van der Waals surface area contributed by atoms with E-state index in [0.29, 0.717) is 0 Å². The van der Waals surface area contributed by atoms with Gasteiger partial charge in [0, 0.05) is 12.2 Å². The van der Waals surface area contributed by atoms with Gasteiger partial charge in [-0.15, -0.1) is 0 Å². The van der Waals surface area contributed by atoms with Gasteiger partial charge in [-0.3, -0.25) is 4.79 Å². The summed E-state index contributed by atoms with van der Waals surface area (Å²) < 4.78 is 4.90. The number of nitrogens with one attached hydrogen (secondary N) is 1. The number of ether oxygens (including phenoxy) is 1. The SMILES string of the molecule is COC(=O)C1(C)CCNc2ccccc2C1. The molecule has 1 atom stereocenters. The van der Waals surface area contributed by atoms with Crippen LogP contribution in [0.1, 0.15) is 18.9 Å². The second-order valence-electron chi connectivity index (χ2n) is 4.56. The van der Waals surface area contributed by atoms with Gasteiger partial charge >= 0.3 is 5.97 Å². The van der Waals surface area contributed by atoms with Crippen LogP contribution in [0.4, 0.5) is 5.69 Å². The highest BCUT2D eigenvalue weighted by Crippen LogP contribution is 2.34. The maximum absolute atomic E-state index is 11.8. The molecule has 0 aliphatic carbocycles. The van der Waals surface area contributed by atoms with Crippen molar-refractivity contribution in [3.63, 3.8) is 0 Å². The van der Waals surface area contributed by atoms with Crippen LogP contribution in [0.25, 0.3) is 0 Å². The minimum atomic E-state index is -0.408. The molecule has 3 heteroatoms. The molecule has 3 nitrogen and oxygen atoms in total. The van der Waals surface area contributed by atoms with E-state index in [-0.39, 0.29) is 5.97 Å². The normalized spacial score (nSPS) is 23.9. The second-order valence-corrected chi connectivity index (χ2v) is 4.56. The summed E-state index contributed by atoms with van der Waals surface area (Å²) in [7, 11) is 1.46. The number of rotatable bonds is 1. The van der Waals surface area contributed by atoms with Crippen molar-refractivity contribution in [2.45, 2.75) is 19.8 Å². The van der Waals surface area contributed by atoms with Crippen LogP contribution < -0.4 is 5.32 Å². The third kappa shape index (κ3) is 1.90. The molecule has 0 saturated carbocycles. The van der Waals surface area contributed by atoms with E-state index in [1.165, 1.54) is 12.7 Å². The Hall–Kier alpha value is -1.51. The van der Waals surface area contributed by atoms with Gasteiger partial charge in [0.15, 0.2) is 0 Å². The summed E-state index contributed by atoms with van der Waals surface area (Å²) in [5.41, 5.74) is 1.91. The molecule has 1 heterocycles. The van der Waals surface area contributed by atoms with E-state index in [2.05, 4.69) is 17.4 Å². The molecule has 0 amide bonds. The summed E-state index contributed by atoms with van der Waals surface area (Å²) in [6.07, 6.45) is 1.54. The van der Waals surface area contributed by atoms with Gasteiger partial charge in [0.05, 0.1) is 12.5 Å². The maximum atomic E-state index is 11.8. The highest BCUT2D eigenvalue weighted by molar-refractivity contribution is 5.77. The second kappa shape index (κ2) is 4.16. The number of fused-ring (bicyclic) bond motifs is 1. The molecular formula is C13H17NO2.